The fraction of sp³-hybridized carbons (Fsp3) is 0.387. The van der Waals surface area contributed by atoms with Crippen LogP contribution in [0.4, 0.5) is 0 Å². The molecule has 11 heteroatoms. The van der Waals surface area contributed by atoms with E-state index in [0.717, 1.165) is 16.7 Å². The summed E-state index contributed by atoms with van der Waals surface area (Å²) in [6, 6.07) is 20.4. The fourth-order valence-electron chi connectivity index (χ4n) is 5.02. The lowest BCUT2D eigenvalue weighted by Gasteiger charge is -2.40. The number of ether oxygens (including phenoxy) is 1. The number of esters is 1. The van der Waals surface area contributed by atoms with Crippen molar-refractivity contribution in [1.29, 1.82) is 0 Å². The van der Waals surface area contributed by atoms with Gasteiger partial charge in [0.15, 0.2) is 11.2 Å². The van der Waals surface area contributed by atoms with Crippen molar-refractivity contribution in [3.05, 3.63) is 99.0 Å². The monoisotopic (exact) mass is 577 g/mol. The van der Waals surface area contributed by atoms with Gasteiger partial charge >= 0.3 is 17.6 Å². The lowest BCUT2D eigenvalue weighted by molar-refractivity contribution is -0.168. The second-order valence-corrected chi connectivity index (χ2v) is 10.6. The molecule has 2 aromatic heterocycles. The number of fused-ring (bicyclic) bond motifs is 1. The van der Waals surface area contributed by atoms with Crippen LogP contribution in [0.15, 0.2) is 76.6 Å². The normalized spacial score (nSPS) is 13.2. The largest absolute Gasteiger partial charge is 0.480 e. The Morgan fingerprint density at radius 3 is 2.17 bits per heavy atom. The molecule has 0 saturated carbocycles. The van der Waals surface area contributed by atoms with Crippen LogP contribution >= 0.6 is 0 Å². The molecule has 11 nitrogen and oxygen atoms in total. The maximum atomic E-state index is 12.3. The molecule has 42 heavy (non-hydrogen) atoms. The third-order valence-electron chi connectivity index (χ3n) is 7.09. The molecule has 0 fully saturated rings. The first-order chi connectivity index (χ1) is 19.9. The minimum Gasteiger partial charge on any atom is -0.480 e. The molecule has 0 aliphatic rings. The van der Waals surface area contributed by atoms with Gasteiger partial charge in [-0.1, -0.05) is 74.5 Å². The highest BCUT2D eigenvalue weighted by Gasteiger charge is 2.42. The summed E-state index contributed by atoms with van der Waals surface area (Å²) in [4.78, 5) is 52.7. The molecule has 0 bridgehead atoms. The number of aryl methyl sites for hydroxylation is 2. The van der Waals surface area contributed by atoms with Gasteiger partial charge in [-0.05, 0) is 25.2 Å². The highest BCUT2D eigenvalue weighted by Crippen LogP contribution is 2.38. The molecule has 4 aromatic rings. The molecule has 0 amide bonds. The second-order valence-electron chi connectivity index (χ2n) is 10.6. The minimum absolute atomic E-state index is 0.139. The Kier molecular flexibility index (Phi) is 10.6. The Labute approximate surface area is 244 Å². The van der Waals surface area contributed by atoms with Crippen molar-refractivity contribution >= 4 is 23.1 Å². The van der Waals surface area contributed by atoms with Crippen molar-refractivity contribution in [2.45, 2.75) is 38.8 Å². The molecule has 0 saturated heterocycles. The van der Waals surface area contributed by atoms with Crippen LogP contribution in [-0.4, -0.2) is 61.3 Å². The quantitative estimate of drug-likeness (QED) is 0.285. The summed E-state index contributed by atoms with van der Waals surface area (Å²) in [7, 11) is 7.15. The van der Waals surface area contributed by atoms with E-state index in [-0.39, 0.29) is 23.1 Å². The topological polar surface area (TPSA) is 129 Å². The van der Waals surface area contributed by atoms with Crippen LogP contribution in [0.3, 0.4) is 0 Å². The predicted molar refractivity (Wildman–Crippen MR) is 160 cm³/mol. The first kappa shape index (κ1) is 32.0. The molecule has 0 spiro atoms. The summed E-state index contributed by atoms with van der Waals surface area (Å²) in [5, 5.41) is 8.67. The van der Waals surface area contributed by atoms with Gasteiger partial charge in [0.05, 0.1) is 6.33 Å². The zero-order valence-corrected chi connectivity index (χ0v) is 25.0. The van der Waals surface area contributed by atoms with E-state index in [1.165, 1.54) is 23.5 Å². The first-order valence-corrected chi connectivity index (χ1v) is 13.7. The van der Waals surface area contributed by atoms with Crippen molar-refractivity contribution in [2.75, 3.05) is 20.6 Å². The Morgan fingerprint density at radius 2 is 1.62 bits per heavy atom. The highest BCUT2D eigenvalue weighted by atomic mass is 16.6. The lowest BCUT2D eigenvalue weighted by atomic mass is 9.77. The Morgan fingerprint density at radius 1 is 1.02 bits per heavy atom. The van der Waals surface area contributed by atoms with Gasteiger partial charge in [0.1, 0.15) is 12.1 Å². The van der Waals surface area contributed by atoms with Gasteiger partial charge in [-0.3, -0.25) is 19.0 Å². The summed E-state index contributed by atoms with van der Waals surface area (Å²) >= 11 is 0. The molecule has 4 rings (SSSR count). The number of benzene rings is 2. The third kappa shape index (κ3) is 7.22. The SMILES string of the molecule is CCC(=O)OC(Cc1ccccc1)(c1ccccc1)C(C)CN(C)C.Cn1cnc2c1c(=O)n(CC(=O)O)c(=O)n2C. The average molecular weight is 578 g/mol. The number of carbonyl (C=O) groups is 2. The number of aromatic nitrogens is 4. The zero-order valence-electron chi connectivity index (χ0n) is 25.0. The number of carboxylic acid groups (broad SMARTS) is 1. The molecule has 2 atom stereocenters. The standard InChI is InChI=1S/C22H29NO2.C9H10N4O4/c1-5-21(24)25-22(18(2)17-23(3)4,20-14-10-7-11-15-20)16-19-12-8-6-9-13-19;1-11-4-10-7-6(11)8(16)13(3-5(14)15)9(17)12(7)2/h6-15,18H,5,16-17H2,1-4H3;4H,3H2,1-2H3,(H,14,15). The lowest BCUT2D eigenvalue weighted by Crippen LogP contribution is -2.44. The van der Waals surface area contributed by atoms with E-state index >= 15 is 0 Å². The molecule has 0 aliphatic heterocycles. The molecule has 224 valence electrons. The summed E-state index contributed by atoms with van der Waals surface area (Å²) in [5.41, 5.74) is 0.641. The summed E-state index contributed by atoms with van der Waals surface area (Å²) in [5.74, 6) is -1.27. The molecule has 0 radical (unpaired) electrons. The van der Waals surface area contributed by atoms with Gasteiger partial charge in [0.25, 0.3) is 5.56 Å². The Balaban J connectivity index is 0.000000247. The molecular formula is C31H39N5O6. The van der Waals surface area contributed by atoms with Gasteiger partial charge in [0.2, 0.25) is 0 Å². The maximum absolute atomic E-state index is 12.3. The van der Waals surface area contributed by atoms with Crippen LogP contribution in [0.25, 0.3) is 11.2 Å². The smallest absolute Gasteiger partial charge is 0.333 e. The number of hydrogen-bond acceptors (Lipinski definition) is 7. The van der Waals surface area contributed by atoms with E-state index in [2.05, 4.69) is 55.2 Å². The van der Waals surface area contributed by atoms with Crippen molar-refractivity contribution < 1.29 is 19.4 Å². The summed E-state index contributed by atoms with van der Waals surface area (Å²) < 4.78 is 9.45. The minimum atomic E-state index is -1.24. The zero-order chi connectivity index (χ0) is 31.0. The first-order valence-electron chi connectivity index (χ1n) is 13.7. The number of aliphatic carboxylic acids is 1. The van der Waals surface area contributed by atoms with Crippen LogP contribution in [0.2, 0.25) is 0 Å². The Hall–Kier alpha value is -4.51. The molecule has 2 unspecified atom stereocenters. The van der Waals surface area contributed by atoms with Crippen molar-refractivity contribution in [3.63, 3.8) is 0 Å². The molecule has 2 aromatic carbocycles. The number of nitrogens with zero attached hydrogens (tertiary/aromatic N) is 5. The molecule has 1 N–H and O–H groups in total. The highest BCUT2D eigenvalue weighted by molar-refractivity contribution is 5.71. The van der Waals surface area contributed by atoms with Crippen molar-refractivity contribution in [2.24, 2.45) is 20.0 Å². The van der Waals surface area contributed by atoms with Gasteiger partial charge in [-0.25, -0.2) is 14.3 Å². The van der Waals surface area contributed by atoms with E-state index < -0.39 is 29.4 Å². The van der Waals surface area contributed by atoms with Crippen LogP contribution < -0.4 is 11.2 Å². The number of imidazole rings is 1. The van der Waals surface area contributed by atoms with Gasteiger partial charge in [-0.2, -0.15) is 0 Å². The van der Waals surface area contributed by atoms with Crippen LogP contribution in [0.5, 0.6) is 0 Å². The van der Waals surface area contributed by atoms with E-state index in [9.17, 15) is 19.2 Å². The van der Waals surface area contributed by atoms with Crippen molar-refractivity contribution in [3.8, 4) is 0 Å². The fourth-order valence-corrected chi connectivity index (χ4v) is 5.02. The maximum Gasteiger partial charge on any atom is 0.333 e. The van der Waals surface area contributed by atoms with E-state index in [1.807, 2.05) is 43.3 Å². The molecule has 0 aliphatic carbocycles. The van der Waals surface area contributed by atoms with Crippen LogP contribution in [0.1, 0.15) is 31.4 Å². The number of carbonyl (C=O) groups excluding carboxylic acids is 1. The molecular weight excluding hydrogens is 538 g/mol. The predicted octanol–water partition coefficient (Wildman–Crippen LogP) is 2.79. The number of carboxylic acids is 1. The van der Waals surface area contributed by atoms with Crippen LogP contribution in [0, 0.1) is 5.92 Å². The van der Waals surface area contributed by atoms with Gasteiger partial charge in [-0.15, -0.1) is 0 Å². The average Bonchev–Trinajstić information content (AvgIpc) is 3.36. The van der Waals surface area contributed by atoms with E-state index in [4.69, 9.17) is 9.84 Å². The number of rotatable bonds is 10. The third-order valence-corrected chi connectivity index (χ3v) is 7.09. The van der Waals surface area contributed by atoms with Crippen molar-refractivity contribution in [1.82, 2.24) is 23.6 Å². The summed E-state index contributed by atoms with van der Waals surface area (Å²) in [6.07, 6.45) is 2.44. The number of hydrogen-bond donors (Lipinski definition) is 1. The van der Waals surface area contributed by atoms with Gasteiger partial charge in [0, 0.05) is 39.4 Å². The second kappa shape index (κ2) is 13.9. The van der Waals surface area contributed by atoms with Crippen LogP contribution in [-0.2, 0) is 47.0 Å². The molecule has 2 heterocycles. The van der Waals surface area contributed by atoms with E-state index in [0.29, 0.717) is 17.4 Å². The summed E-state index contributed by atoms with van der Waals surface area (Å²) in [6.45, 7) is 4.18. The van der Waals surface area contributed by atoms with E-state index in [1.54, 1.807) is 7.05 Å². The van der Waals surface area contributed by atoms with Gasteiger partial charge < -0.3 is 19.3 Å². The Bertz CT molecular complexity index is 1620.